The Bertz CT molecular complexity index is 478. The lowest BCUT2D eigenvalue weighted by molar-refractivity contribution is -0.137. The van der Waals surface area contributed by atoms with Crippen molar-refractivity contribution in [3.63, 3.8) is 0 Å². The van der Waals surface area contributed by atoms with E-state index in [0.29, 0.717) is 6.54 Å². The maximum atomic E-state index is 12.8. The average Bonchev–Trinajstić information content (AvgIpc) is 2.65. The number of nitrogens with zero attached hydrogens (tertiary/aromatic N) is 1. The Morgan fingerprint density at radius 2 is 2.22 bits per heavy atom. The first kappa shape index (κ1) is 13.1. The molecule has 0 bridgehead atoms. The monoisotopic (exact) mass is 323 g/mol. The molecule has 1 aromatic heterocycles. The summed E-state index contributed by atoms with van der Waals surface area (Å²) in [6.07, 6.45) is -3.06. The highest BCUT2D eigenvalue weighted by atomic mass is 79.9. The molecule has 1 saturated heterocycles. The molecule has 0 aromatic carbocycles. The Labute approximate surface area is 109 Å². The van der Waals surface area contributed by atoms with Gasteiger partial charge in [0.25, 0.3) is 0 Å². The van der Waals surface area contributed by atoms with Gasteiger partial charge in [-0.3, -0.25) is 4.79 Å². The van der Waals surface area contributed by atoms with E-state index in [0.717, 1.165) is 6.07 Å². The molecule has 1 fully saturated rings. The third kappa shape index (κ3) is 2.92. The summed E-state index contributed by atoms with van der Waals surface area (Å²) in [6.45, 7) is 0.299. The second-order valence-corrected chi connectivity index (χ2v) is 4.81. The van der Waals surface area contributed by atoms with Crippen LogP contribution in [0.1, 0.15) is 12.0 Å². The van der Waals surface area contributed by atoms with Crippen LogP contribution in [-0.2, 0) is 11.0 Å². The molecule has 1 aliphatic rings. The Hall–Kier alpha value is -1.31. The molecular weight excluding hydrogens is 315 g/mol. The number of amides is 1. The normalized spacial score (nSPS) is 19.8. The quantitative estimate of drug-likeness (QED) is 0.877. The number of hydrogen-bond donors (Lipinski definition) is 2. The number of nitrogens with one attached hydrogen (secondary N) is 2. The van der Waals surface area contributed by atoms with Crippen LogP contribution in [0, 0.1) is 0 Å². The number of halogens is 4. The summed E-state index contributed by atoms with van der Waals surface area (Å²) in [5, 5.41) is 5.18. The zero-order valence-electron chi connectivity index (χ0n) is 9.01. The SMILES string of the molecule is O=C1CC(Nc2ncc(Br)cc2C(F)(F)F)CN1. The topological polar surface area (TPSA) is 54.0 Å². The van der Waals surface area contributed by atoms with Crippen LogP contribution in [0.4, 0.5) is 19.0 Å². The summed E-state index contributed by atoms with van der Waals surface area (Å²) in [6, 6.07) is 0.590. The molecule has 1 unspecified atom stereocenters. The van der Waals surface area contributed by atoms with Crippen LogP contribution >= 0.6 is 15.9 Å². The van der Waals surface area contributed by atoms with Gasteiger partial charge in [0.05, 0.1) is 11.6 Å². The lowest BCUT2D eigenvalue weighted by atomic mass is 10.2. The minimum absolute atomic E-state index is 0.148. The highest BCUT2D eigenvalue weighted by Gasteiger charge is 2.35. The van der Waals surface area contributed by atoms with Crippen molar-refractivity contribution in [2.75, 3.05) is 11.9 Å². The predicted molar refractivity (Wildman–Crippen MR) is 62.0 cm³/mol. The minimum atomic E-state index is -4.49. The van der Waals surface area contributed by atoms with Crippen LogP contribution in [0.2, 0.25) is 0 Å². The number of carbonyl (C=O) groups is 1. The first-order chi connectivity index (χ1) is 8.36. The highest BCUT2D eigenvalue weighted by Crippen LogP contribution is 2.35. The second-order valence-electron chi connectivity index (χ2n) is 3.90. The maximum absolute atomic E-state index is 12.8. The van der Waals surface area contributed by atoms with E-state index in [1.54, 1.807) is 0 Å². The maximum Gasteiger partial charge on any atom is 0.419 e. The van der Waals surface area contributed by atoms with E-state index in [4.69, 9.17) is 0 Å². The molecule has 2 rings (SSSR count). The second kappa shape index (κ2) is 4.75. The van der Waals surface area contributed by atoms with Gasteiger partial charge in [-0.25, -0.2) is 4.98 Å². The first-order valence-electron chi connectivity index (χ1n) is 5.12. The molecule has 4 nitrogen and oxygen atoms in total. The van der Waals surface area contributed by atoms with Gasteiger partial charge in [0.15, 0.2) is 0 Å². The van der Waals surface area contributed by atoms with Crippen molar-refractivity contribution in [2.45, 2.75) is 18.6 Å². The van der Waals surface area contributed by atoms with Crippen molar-refractivity contribution >= 4 is 27.7 Å². The first-order valence-corrected chi connectivity index (χ1v) is 5.91. The van der Waals surface area contributed by atoms with Gasteiger partial charge < -0.3 is 10.6 Å². The van der Waals surface area contributed by atoms with Gasteiger partial charge in [-0.15, -0.1) is 0 Å². The smallest absolute Gasteiger partial charge is 0.365 e. The van der Waals surface area contributed by atoms with Crippen LogP contribution < -0.4 is 10.6 Å². The summed E-state index contributed by atoms with van der Waals surface area (Å²) in [7, 11) is 0. The summed E-state index contributed by atoms with van der Waals surface area (Å²) >= 11 is 2.95. The lowest BCUT2D eigenvalue weighted by Gasteiger charge is -2.16. The number of aromatic nitrogens is 1. The standard InChI is InChI=1S/C10H9BrF3N3O/c11-5-1-7(10(12,13)14)9(16-3-5)17-6-2-8(18)15-4-6/h1,3,6H,2,4H2,(H,15,18)(H,16,17). The Balaban J connectivity index is 2.24. The number of anilines is 1. The summed E-state index contributed by atoms with van der Waals surface area (Å²) < 4.78 is 38.6. The van der Waals surface area contributed by atoms with E-state index >= 15 is 0 Å². The number of carbonyl (C=O) groups excluding carboxylic acids is 1. The number of alkyl halides is 3. The van der Waals surface area contributed by atoms with E-state index in [1.807, 2.05) is 0 Å². The van der Waals surface area contributed by atoms with Gasteiger partial charge in [-0.2, -0.15) is 13.2 Å². The van der Waals surface area contributed by atoms with Crippen molar-refractivity contribution in [3.8, 4) is 0 Å². The van der Waals surface area contributed by atoms with Crippen LogP contribution in [0.3, 0.4) is 0 Å². The molecular formula is C10H9BrF3N3O. The Morgan fingerprint density at radius 3 is 2.78 bits per heavy atom. The molecule has 8 heteroatoms. The van der Waals surface area contributed by atoms with E-state index in [1.165, 1.54) is 6.20 Å². The Kier molecular flexibility index (Phi) is 3.47. The molecule has 0 radical (unpaired) electrons. The molecule has 0 saturated carbocycles. The molecule has 18 heavy (non-hydrogen) atoms. The van der Waals surface area contributed by atoms with E-state index in [9.17, 15) is 18.0 Å². The van der Waals surface area contributed by atoms with Gasteiger partial charge in [0.2, 0.25) is 5.91 Å². The van der Waals surface area contributed by atoms with Crippen LogP contribution in [0.25, 0.3) is 0 Å². The fourth-order valence-electron chi connectivity index (χ4n) is 1.67. The van der Waals surface area contributed by atoms with Crippen LogP contribution in [-0.4, -0.2) is 23.5 Å². The van der Waals surface area contributed by atoms with Crippen molar-refractivity contribution in [1.82, 2.24) is 10.3 Å². The van der Waals surface area contributed by atoms with Gasteiger partial charge >= 0.3 is 6.18 Å². The molecule has 0 aliphatic carbocycles. The molecule has 1 amide bonds. The molecule has 2 N–H and O–H groups in total. The van der Waals surface area contributed by atoms with Crippen molar-refractivity contribution in [3.05, 3.63) is 22.3 Å². The Morgan fingerprint density at radius 1 is 1.50 bits per heavy atom. The van der Waals surface area contributed by atoms with Gasteiger partial charge in [0, 0.05) is 23.6 Å². The van der Waals surface area contributed by atoms with Crippen molar-refractivity contribution < 1.29 is 18.0 Å². The minimum Gasteiger partial charge on any atom is -0.365 e. The lowest BCUT2D eigenvalue weighted by Crippen LogP contribution is -2.24. The van der Waals surface area contributed by atoms with E-state index < -0.39 is 11.7 Å². The fraction of sp³-hybridized carbons (Fsp3) is 0.400. The highest BCUT2D eigenvalue weighted by molar-refractivity contribution is 9.10. The van der Waals surface area contributed by atoms with Crippen LogP contribution in [0.5, 0.6) is 0 Å². The zero-order chi connectivity index (χ0) is 13.3. The third-order valence-electron chi connectivity index (χ3n) is 2.48. The summed E-state index contributed by atoms with van der Waals surface area (Å²) in [4.78, 5) is 14.7. The fourth-order valence-corrected chi connectivity index (χ4v) is 2.00. The molecule has 1 aliphatic heterocycles. The summed E-state index contributed by atoms with van der Waals surface area (Å²) in [5.74, 6) is -0.439. The molecule has 1 atom stereocenters. The number of pyridine rings is 1. The van der Waals surface area contributed by atoms with Crippen LogP contribution in [0.15, 0.2) is 16.7 Å². The summed E-state index contributed by atoms with van der Waals surface area (Å²) in [5.41, 5.74) is -0.851. The molecule has 0 spiro atoms. The number of hydrogen-bond acceptors (Lipinski definition) is 3. The van der Waals surface area contributed by atoms with E-state index in [-0.39, 0.29) is 28.7 Å². The molecule has 1 aromatic rings. The van der Waals surface area contributed by atoms with Crippen molar-refractivity contribution in [2.24, 2.45) is 0 Å². The zero-order valence-corrected chi connectivity index (χ0v) is 10.6. The van der Waals surface area contributed by atoms with Gasteiger partial charge in [-0.1, -0.05) is 0 Å². The van der Waals surface area contributed by atoms with Gasteiger partial charge in [0.1, 0.15) is 5.82 Å². The molecule has 98 valence electrons. The third-order valence-corrected chi connectivity index (χ3v) is 2.91. The predicted octanol–water partition coefficient (Wildman–Crippen LogP) is 2.16. The average molecular weight is 324 g/mol. The molecule has 2 heterocycles. The van der Waals surface area contributed by atoms with E-state index in [2.05, 4.69) is 31.5 Å². The van der Waals surface area contributed by atoms with Crippen molar-refractivity contribution in [1.29, 1.82) is 0 Å². The largest absolute Gasteiger partial charge is 0.419 e. The number of rotatable bonds is 2. The van der Waals surface area contributed by atoms with Gasteiger partial charge in [-0.05, 0) is 22.0 Å².